The summed E-state index contributed by atoms with van der Waals surface area (Å²) in [7, 11) is 0. The Balaban J connectivity index is 1.26. The average molecular weight is 470 g/mol. The van der Waals surface area contributed by atoms with Crippen molar-refractivity contribution in [2.45, 2.75) is 39.2 Å². The molecule has 1 amide bonds. The molecule has 3 aromatic carbocycles. The molecule has 2 heterocycles. The van der Waals surface area contributed by atoms with Crippen LogP contribution in [-0.4, -0.2) is 28.9 Å². The SMILES string of the molecule is CC(C)C(=O)Nc1cccc(C2CCN(Cc3c[nH]c4c(-c5ccccc5F)cccc34)CC2)c1. The molecule has 1 fully saturated rings. The van der Waals surface area contributed by atoms with E-state index in [2.05, 4.69) is 39.6 Å². The molecule has 0 atom stereocenters. The van der Waals surface area contributed by atoms with Gasteiger partial charge in [-0.2, -0.15) is 0 Å². The minimum atomic E-state index is -0.203. The smallest absolute Gasteiger partial charge is 0.226 e. The third kappa shape index (κ3) is 5.01. The van der Waals surface area contributed by atoms with Crippen molar-refractivity contribution in [3.05, 3.63) is 89.9 Å². The number of hydrogen-bond donors (Lipinski definition) is 2. The predicted molar refractivity (Wildman–Crippen MR) is 141 cm³/mol. The maximum atomic E-state index is 14.4. The van der Waals surface area contributed by atoms with E-state index in [4.69, 9.17) is 0 Å². The zero-order chi connectivity index (χ0) is 24.4. The summed E-state index contributed by atoms with van der Waals surface area (Å²) in [6.07, 6.45) is 4.25. The fraction of sp³-hybridized carbons (Fsp3) is 0.300. The van der Waals surface area contributed by atoms with Gasteiger partial charge in [-0.15, -0.1) is 0 Å². The lowest BCUT2D eigenvalue weighted by molar-refractivity contribution is -0.118. The van der Waals surface area contributed by atoms with Crippen molar-refractivity contribution in [2.24, 2.45) is 5.92 Å². The van der Waals surface area contributed by atoms with Gasteiger partial charge in [0, 0.05) is 40.9 Å². The van der Waals surface area contributed by atoms with E-state index < -0.39 is 0 Å². The van der Waals surface area contributed by atoms with Crippen LogP contribution in [0.15, 0.2) is 72.9 Å². The van der Waals surface area contributed by atoms with E-state index in [1.54, 1.807) is 6.07 Å². The Kier molecular flexibility index (Phi) is 6.69. The van der Waals surface area contributed by atoms with Crippen LogP contribution in [0, 0.1) is 11.7 Å². The first-order chi connectivity index (χ1) is 17.0. The van der Waals surface area contributed by atoms with Crippen LogP contribution in [0.1, 0.15) is 43.7 Å². The number of carbonyl (C=O) groups excluding carboxylic acids is 1. The van der Waals surface area contributed by atoms with Crippen molar-refractivity contribution in [2.75, 3.05) is 18.4 Å². The molecule has 4 nitrogen and oxygen atoms in total. The van der Waals surface area contributed by atoms with Gasteiger partial charge in [-0.1, -0.05) is 62.4 Å². The van der Waals surface area contributed by atoms with E-state index in [1.807, 2.05) is 50.2 Å². The fourth-order valence-corrected chi connectivity index (χ4v) is 5.07. The second kappa shape index (κ2) is 10.0. The molecule has 1 aliphatic heterocycles. The topological polar surface area (TPSA) is 48.1 Å². The zero-order valence-electron chi connectivity index (χ0n) is 20.4. The van der Waals surface area contributed by atoms with Gasteiger partial charge in [0.2, 0.25) is 5.91 Å². The highest BCUT2D eigenvalue weighted by molar-refractivity contribution is 5.96. The number of benzene rings is 3. The molecule has 0 bridgehead atoms. The molecule has 4 aromatic rings. The molecular formula is C30H32FN3O. The van der Waals surface area contributed by atoms with Crippen LogP contribution in [0.4, 0.5) is 10.1 Å². The van der Waals surface area contributed by atoms with E-state index >= 15 is 0 Å². The first-order valence-corrected chi connectivity index (χ1v) is 12.5. The number of rotatable bonds is 6. The summed E-state index contributed by atoms with van der Waals surface area (Å²) in [5, 5.41) is 4.17. The molecule has 2 N–H and O–H groups in total. The third-order valence-corrected chi connectivity index (χ3v) is 7.10. The Labute approximate surface area is 206 Å². The monoisotopic (exact) mass is 469 g/mol. The second-order valence-corrected chi connectivity index (χ2v) is 9.84. The number of H-pyrrole nitrogens is 1. The van der Waals surface area contributed by atoms with E-state index in [-0.39, 0.29) is 17.6 Å². The van der Waals surface area contributed by atoms with Crippen molar-refractivity contribution in [3.63, 3.8) is 0 Å². The summed E-state index contributed by atoms with van der Waals surface area (Å²) in [6, 6.07) is 21.4. The summed E-state index contributed by atoms with van der Waals surface area (Å²) in [5.74, 6) is 0.312. The third-order valence-electron chi connectivity index (χ3n) is 7.10. The van der Waals surface area contributed by atoms with Crippen molar-refractivity contribution in [1.82, 2.24) is 9.88 Å². The summed E-state index contributed by atoms with van der Waals surface area (Å²) in [5.41, 5.74) is 5.94. The number of para-hydroxylation sites is 1. The quantitative estimate of drug-likeness (QED) is 0.321. The minimum Gasteiger partial charge on any atom is -0.360 e. The number of aromatic nitrogens is 1. The van der Waals surface area contributed by atoms with Gasteiger partial charge >= 0.3 is 0 Å². The predicted octanol–water partition coefficient (Wildman–Crippen LogP) is 6.95. The number of piperidine rings is 1. The number of anilines is 1. The summed E-state index contributed by atoms with van der Waals surface area (Å²) < 4.78 is 14.4. The Hall–Kier alpha value is -3.44. The molecule has 0 saturated carbocycles. The molecule has 5 heteroatoms. The maximum absolute atomic E-state index is 14.4. The van der Waals surface area contributed by atoms with E-state index in [9.17, 15) is 9.18 Å². The number of hydrogen-bond acceptors (Lipinski definition) is 2. The van der Waals surface area contributed by atoms with E-state index in [0.717, 1.165) is 54.6 Å². The van der Waals surface area contributed by atoms with Crippen molar-refractivity contribution in [1.29, 1.82) is 0 Å². The maximum Gasteiger partial charge on any atom is 0.226 e. The van der Waals surface area contributed by atoms with Gasteiger partial charge in [-0.3, -0.25) is 9.69 Å². The van der Waals surface area contributed by atoms with E-state index in [1.165, 1.54) is 17.2 Å². The molecule has 35 heavy (non-hydrogen) atoms. The molecular weight excluding hydrogens is 437 g/mol. The van der Waals surface area contributed by atoms with Gasteiger partial charge in [0.15, 0.2) is 0 Å². The normalized spacial score (nSPS) is 15.1. The largest absolute Gasteiger partial charge is 0.360 e. The number of likely N-dealkylation sites (tertiary alicyclic amines) is 1. The van der Waals surface area contributed by atoms with Crippen LogP contribution in [0.3, 0.4) is 0 Å². The number of nitrogens with zero attached hydrogens (tertiary/aromatic N) is 1. The Bertz CT molecular complexity index is 1330. The number of fused-ring (bicyclic) bond motifs is 1. The molecule has 0 unspecified atom stereocenters. The highest BCUT2D eigenvalue weighted by Gasteiger charge is 2.22. The molecule has 1 aromatic heterocycles. The van der Waals surface area contributed by atoms with Crippen LogP contribution in [-0.2, 0) is 11.3 Å². The van der Waals surface area contributed by atoms with Crippen LogP contribution < -0.4 is 5.32 Å². The molecule has 0 radical (unpaired) electrons. The van der Waals surface area contributed by atoms with Gasteiger partial charge in [0.25, 0.3) is 0 Å². The molecule has 1 aliphatic rings. The first-order valence-electron chi connectivity index (χ1n) is 12.5. The summed E-state index contributed by atoms with van der Waals surface area (Å²) in [6.45, 7) is 6.73. The number of halogens is 1. The number of aromatic amines is 1. The Morgan fingerprint density at radius 2 is 1.77 bits per heavy atom. The van der Waals surface area contributed by atoms with Gasteiger partial charge in [0.1, 0.15) is 5.82 Å². The van der Waals surface area contributed by atoms with Crippen LogP contribution in [0.25, 0.3) is 22.0 Å². The van der Waals surface area contributed by atoms with Gasteiger partial charge < -0.3 is 10.3 Å². The highest BCUT2D eigenvalue weighted by Crippen LogP contribution is 2.34. The number of nitrogens with one attached hydrogen (secondary N) is 2. The standard InChI is InChI=1S/C30H32FN3O/c1-20(2)30(35)33-24-8-5-7-22(17-24)21-13-15-34(16-14-21)19-23-18-32-29-25(23)10-6-11-27(29)26-9-3-4-12-28(26)31/h3-12,17-18,20-21,32H,13-16,19H2,1-2H3,(H,33,35). The van der Waals surface area contributed by atoms with Crippen LogP contribution in [0.5, 0.6) is 0 Å². The molecule has 180 valence electrons. The molecule has 5 rings (SSSR count). The van der Waals surface area contributed by atoms with Gasteiger partial charge in [0.05, 0.1) is 5.52 Å². The van der Waals surface area contributed by atoms with Crippen molar-refractivity contribution >= 4 is 22.5 Å². The lowest BCUT2D eigenvalue weighted by atomic mass is 9.89. The Morgan fingerprint density at radius 1 is 1.03 bits per heavy atom. The minimum absolute atomic E-state index is 0.0331. The van der Waals surface area contributed by atoms with Gasteiger partial charge in [-0.05, 0) is 61.2 Å². The summed E-state index contributed by atoms with van der Waals surface area (Å²) >= 11 is 0. The lowest BCUT2D eigenvalue weighted by Gasteiger charge is -2.32. The number of carbonyl (C=O) groups is 1. The van der Waals surface area contributed by atoms with Crippen molar-refractivity contribution < 1.29 is 9.18 Å². The molecule has 0 aliphatic carbocycles. The van der Waals surface area contributed by atoms with Crippen molar-refractivity contribution in [3.8, 4) is 11.1 Å². The van der Waals surface area contributed by atoms with Crippen LogP contribution >= 0.6 is 0 Å². The summed E-state index contributed by atoms with van der Waals surface area (Å²) in [4.78, 5) is 18.0. The van der Waals surface area contributed by atoms with E-state index in [0.29, 0.717) is 11.5 Å². The highest BCUT2D eigenvalue weighted by atomic mass is 19.1. The van der Waals surface area contributed by atoms with Gasteiger partial charge in [-0.25, -0.2) is 4.39 Å². The molecule has 1 saturated heterocycles. The second-order valence-electron chi connectivity index (χ2n) is 9.84. The zero-order valence-corrected chi connectivity index (χ0v) is 20.4. The number of amides is 1. The average Bonchev–Trinajstić information content (AvgIpc) is 3.28. The fourth-order valence-electron chi connectivity index (χ4n) is 5.07. The first kappa shape index (κ1) is 23.3. The van der Waals surface area contributed by atoms with Crippen LogP contribution in [0.2, 0.25) is 0 Å². The Morgan fingerprint density at radius 3 is 2.54 bits per heavy atom. The molecule has 0 spiro atoms. The lowest BCUT2D eigenvalue weighted by Crippen LogP contribution is -2.32.